The van der Waals surface area contributed by atoms with Crippen molar-refractivity contribution < 1.29 is 14.4 Å². The molecule has 0 radical (unpaired) electrons. The first-order chi connectivity index (χ1) is 9.92. The number of methoxy groups -OCH3 is 1. The van der Waals surface area contributed by atoms with E-state index in [2.05, 4.69) is 31.9 Å². The summed E-state index contributed by atoms with van der Waals surface area (Å²) >= 11 is 6.73. The van der Waals surface area contributed by atoms with Crippen molar-refractivity contribution in [2.75, 3.05) is 12.8 Å². The van der Waals surface area contributed by atoms with Crippen LogP contribution in [0.1, 0.15) is 0 Å². The molecule has 0 spiro atoms. The summed E-state index contributed by atoms with van der Waals surface area (Å²) in [6.07, 6.45) is 0. The number of nitro groups is 1. The minimum Gasteiger partial charge on any atom is -0.496 e. The van der Waals surface area contributed by atoms with Gasteiger partial charge >= 0.3 is 0 Å². The molecule has 0 saturated carbocycles. The summed E-state index contributed by atoms with van der Waals surface area (Å²) in [5, 5.41) is 10.7. The van der Waals surface area contributed by atoms with Gasteiger partial charge in [-0.1, -0.05) is 0 Å². The molecular formula is C13H10Br2N2O4. The smallest absolute Gasteiger partial charge is 0.292 e. The van der Waals surface area contributed by atoms with E-state index in [4.69, 9.17) is 15.2 Å². The first-order valence-corrected chi connectivity index (χ1v) is 7.25. The Labute approximate surface area is 137 Å². The van der Waals surface area contributed by atoms with E-state index in [1.807, 2.05) is 0 Å². The van der Waals surface area contributed by atoms with Crippen LogP contribution in [0.25, 0.3) is 0 Å². The maximum atomic E-state index is 10.7. The van der Waals surface area contributed by atoms with Crippen molar-refractivity contribution in [1.29, 1.82) is 0 Å². The van der Waals surface area contributed by atoms with Crippen LogP contribution in [0.5, 0.6) is 17.2 Å². The van der Waals surface area contributed by atoms with Crippen molar-refractivity contribution in [2.45, 2.75) is 0 Å². The molecular weight excluding hydrogens is 408 g/mol. The maximum absolute atomic E-state index is 10.7. The van der Waals surface area contributed by atoms with Gasteiger partial charge in [-0.05, 0) is 50.1 Å². The molecule has 21 heavy (non-hydrogen) atoms. The number of ether oxygens (including phenoxy) is 2. The SMILES string of the molecule is COc1cc(Br)c(Oc2ccc([N+](=O)[O-])c(N)c2)cc1Br. The molecule has 0 saturated heterocycles. The van der Waals surface area contributed by atoms with E-state index in [-0.39, 0.29) is 11.4 Å². The fourth-order valence-electron chi connectivity index (χ4n) is 1.63. The monoisotopic (exact) mass is 416 g/mol. The van der Waals surface area contributed by atoms with Crippen LogP contribution in [0.15, 0.2) is 39.3 Å². The molecule has 0 amide bonds. The van der Waals surface area contributed by atoms with E-state index in [1.165, 1.54) is 18.2 Å². The largest absolute Gasteiger partial charge is 0.496 e. The van der Waals surface area contributed by atoms with Crippen molar-refractivity contribution >= 4 is 43.2 Å². The number of hydrogen-bond donors (Lipinski definition) is 1. The zero-order valence-electron chi connectivity index (χ0n) is 10.8. The second-order valence-corrected chi connectivity index (χ2v) is 5.71. The Morgan fingerprint density at radius 2 is 1.76 bits per heavy atom. The standard InChI is InChI=1S/C13H10Br2N2O4/c1-20-12-5-9(15)13(6-8(12)14)21-7-2-3-11(17(18)19)10(16)4-7/h2-6H,16H2,1H3. The van der Waals surface area contributed by atoms with E-state index in [0.717, 1.165) is 4.47 Å². The van der Waals surface area contributed by atoms with Gasteiger partial charge in [0.2, 0.25) is 0 Å². The Morgan fingerprint density at radius 1 is 1.14 bits per heavy atom. The third-order valence-electron chi connectivity index (χ3n) is 2.63. The lowest BCUT2D eigenvalue weighted by atomic mass is 10.2. The molecule has 0 atom stereocenters. The van der Waals surface area contributed by atoms with Crippen LogP contribution in [0.3, 0.4) is 0 Å². The van der Waals surface area contributed by atoms with Gasteiger partial charge in [-0.25, -0.2) is 0 Å². The van der Waals surface area contributed by atoms with Crippen molar-refractivity contribution in [3.05, 3.63) is 49.4 Å². The van der Waals surface area contributed by atoms with Crippen LogP contribution in [0.2, 0.25) is 0 Å². The van der Waals surface area contributed by atoms with Gasteiger partial charge in [-0.3, -0.25) is 10.1 Å². The van der Waals surface area contributed by atoms with E-state index >= 15 is 0 Å². The van der Waals surface area contributed by atoms with Gasteiger partial charge in [0.25, 0.3) is 5.69 Å². The van der Waals surface area contributed by atoms with Gasteiger partial charge < -0.3 is 15.2 Å². The number of nitrogens with two attached hydrogens (primary N) is 1. The zero-order valence-corrected chi connectivity index (χ0v) is 14.0. The Kier molecular flexibility index (Phi) is 4.69. The summed E-state index contributed by atoms with van der Waals surface area (Å²) in [6, 6.07) is 7.66. The van der Waals surface area contributed by atoms with E-state index < -0.39 is 4.92 Å². The molecule has 0 unspecified atom stereocenters. The molecule has 0 aliphatic rings. The fraction of sp³-hybridized carbons (Fsp3) is 0.0769. The Hall–Kier alpha value is -1.80. The molecule has 110 valence electrons. The lowest BCUT2D eigenvalue weighted by Gasteiger charge is -2.11. The number of anilines is 1. The molecule has 2 N–H and O–H groups in total. The fourth-order valence-corrected chi connectivity index (χ4v) is 2.52. The second kappa shape index (κ2) is 6.31. The zero-order chi connectivity index (χ0) is 15.6. The summed E-state index contributed by atoms with van der Waals surface area (Å²) in [4.78, 5) is 10.2. The quantitative estimate of drug-likeness (QED) is 0.449. The van der Waals surface area contributed by atoms with Gasteiger partial charge in [0.05, 0.1) is 21.0 Å². The molecule has 2 aromatic rings. The molecule has 2 aromatic carbocycles. The predicted octanol–water partition coefficient (Wildman–Crippen LogP) is 4.50. The van der Waals surface area contributed by atoms with Crippen LogP contribution in [-0.4, -0.2) is 12.0 Å². The molecule has 0 aliphatic heterocycles. The van der Waals surface area contributed by atoms with Crippen molar-refractivity contribution in [2.24, 2.45) is 0 Å². The number of nitro benzene ring substituents is 1. The first kappa shape index (κ1) is 15.6. The molecule has 2 rings (SSSR count). The van der Waals surface area contributed by atoms with E-state index in [1.54, 1.807) is 19.2 Å². The highest BCUT2D eigenvalue weighted by Gasteiger charge is 2.14. The first-order valence-electron chi connectivity index (χ1n) is 5.67. The summed E-state index contributed by atoms with van der Waals surface area (Å²) < 4.78 is 12.2. The molecule has 0 aromatic heterocycles. The third kappa shape index (κ3) is 3.45. The van der Waals surface area contributed by atoms with E-state index in [0.29, 0.717) is 21.7 Å². The Morgan fingerprint density at radius 3 is 2.33 bits per heavy atom. The van der Waals surface area contributed by atoms with Crippen LogP contribution in [0.4, 0.5) is 11.4 Å². The number of nitrogens with zero attached hydrogens (tertiary/aromatic N) is 1. The molecule has 0 bridgehead atoms. The van der Waals surface area contributed by atoms with Gasteiger partial charge in [0.1, 0.15) is 22.9 Å². The highest BCUT2D eigenvalue weighted by Crippen LogP contribution is 2.39. The molecule has 6 nitrogen and oxygen atoms in total. The van der Waals surface area contributed by atoms with Crippen LogP contribution in [0, 0.1) is 10.1 Å². The second-order valence-electron chi connectivity index (χ2n) is 4.00. The third-order valence-corrected chi connectivity index (χ3v) is 3.87. The highest BCUT2D eigenvalue weighted by atomic mass is 79.9. The van der Waals surface area contributed by atoms with Crippen molar-refractivity contribution in [1.82, 2.24) is 0 Å². The minimum absolute atomic E-state index is 0.0428. The van der Waals surface area contributed by atoms with Gasteiger partial charge in [-0.2, -0.15) is 0 Å². The number of nitrogen functional groups attached to an aromatic ring is 1. The molecule has 8 heteroatoms. The van der Waals surface area contributed by atoms with Gasteiger partial charge in [0.15, 0.2) is 0 Å². The molecule has 0 aliphatic carbocycles. The van der Waals surface area contributed by atoms with Crippen LogP contribution in [-0.2, 0) is 0 Å². The average Bonchev–Trinajstić information content (AvgIpc) is 2.42. The summed E-state index contributed by atoms with van der Waals surface area (Å²) in [6.45, 7) is 0. The van der Waals surface area contributed by atoms with Crippen LogP contribution >= 0.6 is 31.9 Å². The Bertz CT molecular complexity index is 707. The lowest BCUT2D eigenvalue weighted by molar-refractivity contribution is -0.383. The van der Waals surface area contributed by atoms with Gasteiger partial charge in [0, 0.05) is 12.1 Å². The normalized spacial score (nSPS) is 10.2. The average molecular weight is 418 g/mol. The van der Waals surface area contributed by atoms with E-state index in [9.17, 15) is 10.1 Å². The Balaban J connectivity index is 2.32. The minimum atomic E-state index is -0.543. The summed E-state index contributed by atoms with van der Waals surface area (Å²) in [5.41, 5.74) is 5.51. The number of benzene rings is 2. The number of hydrogen-bond acceptors (Lipinski definition) is 5. The number of halogens is 2. The summed E-state index contributed by atoms with van der Waals surface area (Å²) in [5.74, 6) is 1.57. The molecule has 0 heterocycles. The predicted molar refractivity (Wildman–Crippen MR) is 86.0 cm³/mol. The maximum Gasteiger partial charge on any atom is 0.292 e. The topological polar surface area (TPSA) is 87.6 Å². The van der Waals surface area contributed by atoms with Crippen molar-refractivity contribution in [3.63, 3.8) is 0 Å². The summed E-state index contributed by atoms with van der Waals surface area (Å²) in [7, 11) is 1.56. The lowest BCUT2D eigenvalue weighted by Crippen LogP contribution is -1.96. The number of rotatable bonds is 4. The molecule has 0 fully saturated rings. The van der Waals surface area contributed by atoms with Crippen molar-refractivity contribution in [3.8, 4) is 17.2 Å². The van der Waals surface area contributed by atoms with Gasteiger partial charge in [-0.15, -0.1) is 0 Å². The van der Waals surface area contributed by atoms with Crippen LogP contribution < -0.4 is 15.2 Å². The highest BCUT2D eigenvalue weighted by molar-refractivity contribution is 9.11.